The summed E-state index contributed by atoms with van der Waals surface area (Å²) < 4.78 is 5.48. The summed E-state index contributed by atoms with van der Waals surface area (Å²) in [5.74, 6) is 1.48. The van der Waals surface area contributed by atoms with Gasteiger partial charge in [0.05, 0.1) is 7.11 Å². The van der Waals surface area contributed by atoms with Crippen molar-refractivity contribution in [2.75, 3.05) is 20.2 Å². The standard InChI is InChI=1S/C31H37NO.ClH/c1-33-29-17-16-28-24-31(20-18-27(28)23-29)19-8-9-21-32(31)22-10-15-30(25-11-4-2-5-12-25)26-13-6-3-7-14-26;/h2-7,11-14,16-17,23,30H,8-10,15,18-22,24H2,1H3;1H. The maximum Gasteiger partial charge on any atom is 0.119 e. The maximum atomic E-state index is 5.48. The molecule has 0 saturated carbocycles. The van der Waals surface area contributed by atoms with E-state index in [0.717, 1.165) is 5.75 Å². The van der Waals surface area contributed by atoms with Crippen LogP contribution in [0.4, 0.5) is 0 Å². The van der Waals surface area contributed by atoms with Crippen LogP contribution < -0.4 is 4.74 Å². The van der Waals surface area contributed by atoms with Crippen LogP contribution >= 0.6 is 12.4 Å². The Bertz CT molecular complexity index is 998. The molecule has 0 radical (unpaired) electrons. The largest absolute Gasteiger partial charge is 0.497 e. The molecule has 1 aliphatic heterocycles. The van der Waals surface area contributed by atoms with Crippen LogP contribution in [-0.4, -0.2) is 30.6 Å². The molecule has 34 heavy (non-hydrogen) atoms. The third-order valence-corrected chi connectivity index (χ3v) is 8.11. The topological polar surface area (TPSA) is 12.5 Å². The lowest BCUT2D eigenvalue weighted by Gasteiger charge is -2.50. The third kappa shape index (κ3) is 5.34. The maximum absolute atomic E-state index is 5.48. The smallest absolute Gasteiger partial charge is 0.119 e. The first-order chi connectivity index (χ1) is 16.3. The van der Waals surface area contributed by atoms with Crippen molar-refractivity contribution in [3.63, 3.8) is 0 Å². The van der Waals surface area contributed by atoms with Crippen LogP contribution in [0.2, 0.25) is 0 Å². The number of nitrogens with zero attached hydrogens (tertiary/aromatic N) is 1. The van der Waals surface area contributed by atoms with Crippen molar-refractivity contribution in [1.29, 1.82) is 0 Å². The SMILES string of the molecule is COc1ccc2c(c1)CCC1(CCCCN1CCCC(c1ccccc1)c1ccccc1)C2.Cl. The zero-order valence-electron chi connectivity index (χ0n) is 20.4. The lowest BCUT2D eigenvalue weighted by atomic mass is 9.72. The van der Waals surface area contributed by atoms with Crippen LogP contribution in [0.25, 0.3) is 0 Å². The molecule has 1 saturated heterocycles. The van der Waals surface area contributed by atoms with E-state index in [1.54, 1.807) is 12.7 Å². The van der Waals surface area contributed by atoms with Gasteiger partial charge in [-0.3, -0.25) is 4.90 Å². The number of hydrogen-bond acceptors (Lipinski definition) is 2. The molecule has 2 aliphatic rings. The highest BCUT2D eigenvalue weighted by molar-refractivity contribution is 5.85. The minimum absolute atomic E-state index is 0. The third-order valence-electron chi connectivity index (χ3n) is 8.11. The number of benzene rings is 3. The van der Waals surface area contributed by atoms with Gasteiger partial charge in [0.2, 0.25) is 0 Å². The summed E-state index contributed by atoms with van der Waals surface area (Å²) in [6.07, 6.45) is 10.2. The number of piperidine rings is 1. The summed E-state index contributed by atoms with van der Waals surface area (Å²) in [6.45, 7) is 2.47. The van der Waals surface area contributed by atoms with E-state index in [0.29, 0.717) is 11.5 Å². The summed E-state index contributed by atoms with van der Waals surface area (Å²) in [5, 5.41) is 0. The Hall–Kier alpha value is -2.29. The first-order valence-corrected chi connectivity index (χ1v) is 12.8. The van der Waals surface area contributed by atoms with E-state index in [9.17, 15) is 0 Å². The Balaban J connectivity index is 0.00000274. The predicted octanol–water partition coefficient (Wildman–Crippen LogP) is 7.44. The van der Waals surface area contributed by atoms with Gasteiger partial charge >= 0.3 is 0 Å². The first kappa shape index (κ1) is 24.8. The number of aryl methyl sites for hydroxylation is 1. The van der Waals surface area contributed by atoms with Crippen molar-refractivity contribution < 1.29 is 4.74 Å². The molecule has 1 aliphatic carbocycles. The molecule has 0 amide bonds. The van der Waals surface area contributed by atoms with Crippen molar-refractivity contribution in [2.24, 2.45) is 0 Å². The van der Waals surface area contributed by atoms with Crippen molar-refractivity contribution >= 4 is 12.4 Å². The molecule has 0 bridgehead atoms. The summed E-state index contributed by atoms with van der Waals surface area (Å²) in [5.41, 5.74) is 6.28. The number of rotatable bonds is 7. The van der Waals surface area contributed by atoms with Gasteiger partial charge in [0.25, 0.3) is 0 Å². The van der Waals surface area contributed by atoms with E-state index in [1.165, 1.54) is 81.1 Å². The Kier molecular flexibility index (Phi) is 8.34. The summed E-state index contributed by atoms with van der Waals surface area (Å²) in [4.78, 5) is 2.87. The first-order valence-electron chi connectivity index (χ1n) is 12.8. The lowest BCUT2D eigenvalue weighted by molar-refractivity contribution is 0.0323. The number of ether oxygens (including phenoxy) is 1. The van der Waals surface area contributed by atoms with Crippen LogP contribution in [0.15, 0.2) is 78.9 Å². The molecule has 5 rings (SSSR count). The van der Waals surface area contributed by atoms with E-state index in [-0.39, 0.29) is 12.4 Å². The molecule has 3 heteroatoms. The van der Waals surface area contributed by atoms with E-state index >= 15 is 0 Å². The van der Waals surface area contributed by atoms with Crippen LogP contribution in [0.3, 0.4) is 0 Å². The zero-order valence-corrected chi connectivity index (χ0v) is 21.2. The highest BCUT2D eigenvalue weighted by Gasteiger charge is 2.41. The summed E-state index contributed by atoms with van der Waals surface area (Å²) in [7, 11) is 1.77. The second-order valence-electron chi connectivity index (χ2n) is 10.00. The number of likely N-dealkylation sites (tertiary alicyclic amines) is 1. The van der Waals surface area contributed by atoms with Crippen molar-refractivity contribution in [1.82, 2.24) is 4.90 Å². The molecule has 1 spiro atoms. The van der Waals surface area contributed by atoms with Gasteiger partial charge in [-0.1, -0.05) is 73.2 Å². The molecule has 1 heterocycles. The average Bonchev–Trinajstić information content (AvgIpc) is 2.88. The number of halogens is 1. The van der Waals surface area contributed by atoms with Crippen molar-refractivity contribution in [2.45, 2.75) is 62.8 Å². The molecule has 3 aromatic rings. The molecule has 1 unspecified atom stereocenters. The summed E-state index contributed by atoms with van der Waals surface area (Å²) >= 11 is 0. The normalized spacial score (nSPS) is 20.1. The highest BCUT2D eigenvalue weighted by atomic mass is 35.5. The van der Waals surface area contributed by atoms with Crippen LogP contribution in [0.5, 0.6) is 5.75 Å². The molecule has 0 aromatic heterocycles. The van der Waals surface area contributed by atoms with E-state index in [1.807, 2.05) is 0 Å². The van der Waals surface area contributed by atoms with Gasteiger partial charge in [-0.2, -0.15) is 0 Å². The number of methoxy groups -OCH3 is 1. The number of hydrogen-bond donors (Lipinski definition) is 0. The molecule has 3 aromatic carbocycles. The Labute approximate surface area is 211 Å². The van der Waals surface area contributed by atoms with Gasteiger partial charge in [0.1, 0.15) is 5.75 Å². The van der Waals surface area contributed by atoms with Crippen LogP contribution in [0, 0.1) is 0 Å². The number of fused-ring (bicyclic) bond motifs is 1. The average molecular weight is 476 g/mol. The van der Waals surface area contributed by atoms with Gasteiger partial charge < -0.3 is 4.74 Å². The molecule has 180 valence electrons. The quantitative estimate of drug-likeness (QED) is 0.352. The molecule has 2 nitrogen and oxygen atoms in total. The van der Waals surface area contributed by atoms with Gasteiger partial charge in [-0.15, -0.1) is 12.4 Å². The van der Waals surface area contributed by atoms with E-state index < -0.39 is 0 Å². The highest BCUT2D eigenvalue weighted by Crippen LogP contribution is 2.41. The summed E-state index contributed by atoms with van der Waals surface area (Å²) in [6, 6.07) is 28.9. The predicted molar refractivity (Wildman–Crippen MR) is 144 cm³/mol. The van der Waals surface area contributed by atoms with Gasteiger partial charge in [-0.25, -0.2) is 0 Å². The fourth-order valence-corrected chi connectivity index (χ4v) is 6.31. The van der Waals surface area contributed by atoms with Gasteiger partial charge in [0, 0.05) is 11.5 Å². The Morgan fingerprint density at radius 2 is 1.56 bits per heavy atom. The minimum atomic E-state index is 0. The minimum Gasteiger partial charge on any atom is -0.497 e. The fourth-order valence-electron chi connectivity index (χ4n) is 6.31. The fraction of sp³-hybridized carbons (Fsp3) is 0.419. The molecular formula is C31H38ClNO. The van der Waals surface area contributed by atoms with E-state index in [4.69, 9.17) is 4.74 Å². The van der Waals surface area contributed by atoms with Crippen molar-refractivity contribution in [3.05, 3.63) is 101 Å². The van der Waals surface area contributed by atoms with Gasteiger partial charge in [0.15, 0.2) is 0 Å². The second kappa shape index (κ2) is 11.4. The lowest BCUT2D eigenvalue weighted by Crippen LogP contribution is -2.55. The van der Waals surface area contributed by atoms with Crippen molar-refractivity contribution in [3.8, 4) is 5.75 Å². The molecule has 1 fully saturated rings. The molecule has 0 N–H and O–H groups in total. The monoisotopic (exact) mass is 475 g/mol. The molecule has 1 atom stereocenters. The van der Waals surface area contributed by atoms with Crippen LogP contribution in [0.1, 0.15) is 66.7 Å². The second-order valence-corrected chi connectivity index (χ2v) is 10.00. The van der Waals surface area contributed by atoms with Gasteiger partial charge in [-0.05, 0) is 92.4 Å². The molecular weight excluding hydrogens is 438 g/mol. The van der Waals surface area contributed by atoms with E-state index in [2.05, 4.69) is 83.8 Å². The Morgan fingerprint density at radius 1 is 0.853 bits per heavy atom. The zero-order chi connectivity index (χ0) is 22.5. The van der Waals surface area contributed by atoms with Crippen LogP contribution in [-0.2, 0) is 12.8 Å². The Morgan fingerprint density at radius 3 is 2.24 bits per heavy atom.